The molecule has 2 nitrogen and oxygen atoms in total. The Bertz CT molecular complexity index is 307. The van der Waals surface area contributed by atoms with Crippen LogP contribution >= 0.6 is 0 Å². The molecule has 1 fully saturated rings. The highest BCUT2D eigenvalue weighted by Gasteiger charge is 2.22. The van der Waals surface area contributed by atoms with E-state index in [1.165, 1.54) is 25.7 Å². The summed E-state index contributed by atoms with van der Waals surface area (Å²) in [5, 5.41) is 0. The zero-order valence-corrected chi connectivity index (χ0v) is 9.28. The molecule has 0 heterocycles. The second-order valence-corrected chi connectivity index (χ2v) is 4.49. The zero-order chi connectivity index (χ0) is 10.7. The monoisotopic (exact) mass is 205 g/mol. The molecule has 2 heteroatoms. The number of hydrogen-bond acceptors (Lipinski definition) is 2. The molecule has 0 saturated heterocycles. The fourth-order valence-electron chi connectivity index (χ4n) is 2.18. The van der Waals surface area contributed by atoms with Crippen LogP contribution in [0.25, 0.3) is 0 Å². The first-order valence-electron chi connectivity index (χ1n) is 5.78. The molecule has 1 aromatic carbocycles. The lowest BCUT2D eigenvalue weighted by molar-refractivity contribution is 0.102. The SMILES string of the molecule is C[C@@H]1CCCC[C@H]1Oc1ccc(N)cc1. The molecule has 1 aliphatic rings. The molecule has 0 amide bonds. The molecule has 1 aromatic rings. The van der Waals surface area contributed by atoms with Crippen molar-refractivity contribution in [3.05, 3.63) is 24.3 Å². The van der Waals surface area contributed by atoms with Gasteiger partial charge in [0.15, 0.2) is 0 Å². The molecule has 0 aliphatic heterocycles. The van der Waals surface area contributed by atoms with E-state index in [9.17, 15) is 0 Å². The summed E-state index contributed by atoms with van der Waals surface area (Å²) in [6, 6.07) is 7.69. The molecule has 0 bridgehead atoms. The largest absolute Gasteiger partial charge is 0.490 e. The Hall–Kier alpha value is -1.18. The summed E-state index contributed by atoms with van der Waals surface area (Å²) in [4.78, 5) is 0. The van der Waals surface area contributed by atoms with Gasteiger partial charge in [0.2, 0.25) is 0 Å². The van der Waals surface area contributed by atoms with E-state index < -0.39 is 0 Å². The second-order valence-electron chi connectivity index (χ2n) is 4.49. The van der Waals surface area contributed by atoms with Gasteiger partial charge in [0.05, 0.1) is 0 Å². The highest BCUT2D eigenvalue weighted by molar-refractivity contribution is 5.41. The molecule has 1 aliphatic carbocycles. The predicted molar refractivity (Wildman–Crippen MR) is 62.9 cm³/mol. The van der Waals surface area contributed by atoms with Gasteiger partial charge in [0.25, 0.3) is 0 Å². The first kappa shape index (κ1) is 10.3. The second kappa shape index (κ2) is 4.56. The lowest BCUT2D eigenvalue weighted by Crippen LogP contribution is -2.28. The van der Waals surface area contributed by atoms with Crippen molar-refractivity contribution in [3.63, 3.8) is 0 Å². The molecular weight excluding hydrogens is 186 g/mol. The van der Waals surface area contributed by atoms with Crippen molar-refractivity contribution in [1.29, 1.82) is 0 Å². The van der Waals surface area contributed by atoms with Gasteiger partial charge in [-0.15, -0.1) is 0 Å². The number of benzene rings is 1. The number of nitrogen functional groups attached to an aromatic ring is 1. The Morgan fingerprint density at radius 3 is 2.47 bits per heavy atom. The minimum absolute atomic E-state index is 0.391. The van der Waals surface area contributed by atoms with E-state index >= 15 is 0 Å². The van der Waals surface area contributed by atoms with Crippen molar-refractivity contribution < 1.29 is 4.74 Å². The lowest BCUT2D eigenvalue weighted by Gasteiger charge is -2.29. The summed E-state index contributed by atoms with van der Waals surface area (Å²) in [6.07, 6.45) is 5.51. The highest BCUT2D eigenvalue weighted by atomic mass is 16.5. The number of ether oxygens (including phenoxy) is 1. The van der Waals surface area contributed by atoms with Gasteiger partial charge in [-0.1, -0.05) is 13.3 Å². The molecule has 2 rings (SSSR count). The van der Waals surface area contributed by atoms with Gasteiger partial charge < -0.3 is 10.5 Å². The summed E-state index contributed by atoms with van der Waals surface area (Å²) in [5.41, 5.74) is 6.42. The van der Waals surface area contributed by atoms with Gasteiger partial charge in [-0.05, 0) is 49.4 Å². The third kappa shape index (κ3) is 2.65. The topological polar surface area (TPSA) is 35.2 Å². The fourth-order valence-corrected chi connectivity index (χ4v) is 2.18. The van der Waals surface area contributed by atoms with Crippen LogP contribution in [0, 0.1) is 5.92 Å². The number of rotatable bonds is 2. The first-order valence-corrected chi connectivity index (χ1v) is 5.78. The van der Waals surface area contributed by atoms with Crippen molar-refractivity contribution in [2.24, 2.45) is 5.92 Å². The van der Waals surface area contributed by atoms with Gasteiger partial charge >= 0.3 is 0 Å². The molecule has 15 heavy (non-hydrogen) atoms. The summed E-state index contributed by atoms with van der Waals surface area (Å²) in [6.45, 7) is 2.28. The maximum Gasteiger partial charge on any atom is 0.119 e. The van der Waals surface area contributed by atoms with Crippen LogP contribution in [0.2, 0.25) is 0 Å². The van der Waals surface area contributed by atoms with Crippen molar-refractivity contribution in [3.8, 4) is 5.75 Å². The minimum atomic E-state index is 0.391. The van der Waals surface area contributed by atoms with Crippen LogP contribution in [0.15, 0.2) is 24.3 Å². The maximum atomic E-state index is 5.97. The fraction of sp³-hybridized carbons (Fsp3) is 0.538. The Balaban J connectivity index is 1.98. The van der Waals surface area contributed by atoms with Gasteiger partial charge in [0.1, 0.15) is 11.9 Å². The van der Waals surface area contributed by atoms with Crippen LogP contribution in [0.5, 0.6) is 5.75 Å². The lowest BCUT2D eigenvalue weighted by atomic mass is 9.88. The Morgan fingerprint density at radius 1 is 1.13 bits per heavy atom. The molecule has 2 N–H and O–H groups in total. The quantitative estimate of drug-likeness (QED) is 0.752. The minimum Gasteiger partial charge on any atom is -0.490 e. The maximum absolute atomic E-state index is 5.97. The summed E-state index contributed by atoms with van der Waals surface area (Å²) < 4.78 is 5.97. The molecular formula is C13H19NO. The van der Waals surface area contributed by atoms with E-state index in [1.807, 2.05) is 24.3 Å². The molecule has 82 valence electrons. The van der Waals surface area contributed by atoms with Crippen molar-refractivity contribution >= 4 is 5.69 Å². The van der Waals surface area contributed by atoms with Gasteiger partial charge in [-0.3, -0.25) is 0 Å². The molecule has 1 saturated carbocycles. The third-order valence-corrected chi connectivity index (χ3v) is 3.20. The molecule has 0 spiro atoms. The Labute approximate surface area is 91.4 Å². The molecule has 0 unspecified atom stereocenters. The number of anilines is 1. The van der Waals surface area contributed by atoms with Gasteiger partial charge in [0, 0.05) is 5.69 Å². The van der Waals surface area contributed by atoms with Crippen LogP contribution in [-0.4, -0.2) is 6.10 Å². The average molecular weight is 205 g/mol. The summed E-state index contributed by atoms with van der Waals surface area (Å²) in [7, 11) is 0. The highest BCUT2D eigenvalue weighted by Crippen LogP contribution is 2.28. The van der Waals surface area contributed by atoms with Crippen LogP contribution < -0.4 is 10.5 Å². The molecule has 2 atom stereocenters. The van der Waals surface area contributed by atoms with E-state index in [2.05, 4.69) is 6.92 Å². The molecule has 0 aromatic heterocycles. The summed E-state index contributed by atoms with van der Waals surface area (Å²) in [5.74, 6) is 1.62. The van der Waals surface area contributed by atoms with Gasteiger partial charge in [-0.2, -0.15) is 0 Å². The number of nitrogens with two attached hydrogens (primary N) is 1. The van der Waals surface area contributed by atoms with Crippen LogP contribution in [-0.2, 0) is 0 Å². The van der Waals surface area contributed by atoms with E-state index in [0.29, 0.717) is 12.0 Å². The molecule has 0 radical (unpaired) electrons. The Morgan fingerprint density at radius 2 is 1.80 bits per heavy atom. The standard InChI is InChI=1S/C13H19NO/c1-10-4-2-3-5-13(10)15-12-8-6-11(14)7-9-12/h6-10,13H,2-5,14H2,1H3/t10-,13-/m1/s1. The third-order valence-electron chi connectivity index (χ3n) is 3.20. The van der Waals surface area contributed by atoms with Crippen molar-refractivity contribution in [1.82, 2.24) is 0 Å². The van der Waals surface area contributed by atoms with Crippen LogP contribution in [0.1, 0.15) is 32.6 Å². The average Bonchev–Trinajstić information content (AvgIpc) is 2.25. The van der Waals surface area contributed by atoms with Crippen LogP contribution in [0.4, 0.5) is 5.69 Å². The Kier molecular flexibility index (Phi) is 3.14. The first-order chi connectivity index (χ1) is 7.25. The van der Waals surface area contributed by atoms with Crippen molar-refractivity contribution in [2.45, 2.75) is 38.7 Å². The van der Waals surface area contributed by atoms with E-state index in [4.69, 9.17) is 10.5 Å². The smallest absolute Gasteiger partial charge is 0.119 e. The van der Waals surface area contributed by atoms with E-state index in [-0.39, 0.29) is 0 Å². The van der Waals surface area contributed by atoms with Crippen molar-refractivity contribution in [2.75, 3.05) is 5.73 Å². The number of hydrogen-bond donors (Lipinski definition) is 1. The summed E-state index contributed by atoms with van der Waals surface area (Å²) >= 11 is 0. The van der Waals surface area contributed by atoms with Crippen LogP contribution in [0.3, 0.4) is 0 Å². The van der Waals surface area contributed by atoms with Gasteiger partial charge in [-0.25, -0.2) is 0 Å². The normalized spacial score (nSPS) is 26.2. The predicted octanol–water partition coefficient (Wildman–Crippen LogP) is 3.23. The van der Waals surface area contributed by atoms with E-state index in [0.717, 1.165) is 11.4 Å². The zero-order valence-electron chi connectivity index (χ0n) is 9.28. The van der Waals surface area contributed by atoms with E-state index in [1.54, 1.807) is 0 Å².